The van der Waals surface area contributed by atoms with E-state index < -0.39 is 0 Å². The van der Waals surface area contributed by atoms with Crippen LogP contribution < -0.4 is 14.8 Å². The lowest BCUT2D eigenvalue weighted by atomic mass is 10.2. The number of carbonyl (C=O) groups excluding carboxylic acids is 1. The number of aromatic nitrogens is 3. The number of hydrogen-bond donors (Lipinski definition) is 1. The molecule has 0 aliphatic rings. The predicted octanol–water partition coefficient (Wildman–Crippen LogP) is 5.01. The van der Waals surface area contributed by atoms with Crippen molar-refractivity contribution in [2.45, 2.75) is 11.7 Å². The molecule has 1 amide bonds. The topological polar surface area (TPSA) is 78.3 Å². The number of carbonyl (C=O) groups is 1. The van der Waals surface area contributed by atoms with Crippen molar-refractivity contribution in [3.8, 4) is 28.6 Å². The number of methoxy groups -OCH3 is 2. The van der Waals surface area contributed by atoms with Gasteiger partial charge in [-0.2, -0.15) is 0 Å². The number of hydrogen-bond acceptors (Lipinski definition) is 6. The predicted molar refractivity (Wildman–Crippen MR) is 134 cm³/mol. The summed E-state index contributed by atoms with van der Waals surface area (Å²) in [6.45, 7) is 0.412. The van der Waals surface area contributed by atoms with Crippen molar-refractivity contribution >= 4 is 29.3 Å². The summed E-state index contributed by atoms with van der Waals surface area (Å²) in [5.41, 5.74) is 2.64. The van der Waals surface area contributed by atoms with Gasteiger partial charge in [0.2, 0.25) is 5.91 Å². The first kappa shape index (κ1) is 23.7. The summed E-state index contributed by atoms with van der Waals surface area (Å²) in [6.07, 6.45) is 0. The van der Waals surface area contributed by atoms with Crippen LogP contribution in [-0.2, 0) is 11.3 Å². The fraction of sp³-hybridized carbons (Fsp3) is 0.160. The highest BCUT2D eigenvalue weighted by molar-refractivity contribution is 7.99. The van der Waals surface area contributed by atoms with Crippen molar-refractivity contribution in [2.24, 2.45) is 0 Å². The molecule has 9 heteroatoms. The number of benzene rings is 3. The van der Waals surface area contributed by atoms with Gasteiger partial charge in [-0.3, -0.25) is 9.36 Å². The highest BCUT2D eigenvalue weighted by Crippen LogP contribution is 2.30. The molecule has 7 nitrogen and oxygen atoms in total. The molecule has 1 heterocycles. The highest BCUT2D eigenvalue weighted by Gasteiger charge is 2.18. The second kappa shape index (κ2) is 11.1. The van der Waals surface area contributed by atoms with Crippen LogP contribution in [0.15, 0.2) is 78.0 Å². The van der Waals surface area contributed by atoms with Gasteiger partial charge in [0.05, 0.1) is 20.0 Å². The smallest absolute Gasteiger partial charge is 0.230 e. The average molecular weight is 495 g/mol. The van der Waals surface area contributed by atoms with Crippen molar-refractivity contribution < 1.29 is 14.3 Å². The Bertz CT molecular complexity index is 1280. The molecule has 1 N–H and O–H groups in total. The summed E-state index contributed by atoms with van der Waals surface area (Å²) < 4.78 is 12.5. The molecule has 4 aromatic rings. The van der Waals surface area contributed by atoms with Gasteiger partial charge in [-0.15, -0.1) is 10.2 Å². The largest absolute Gasteiger partial charge is 0.497 e. The van der Waals surface area contributed by atoms with E-state index in [-0.39, 0.29) is 11.7 Å². The van der Waals surface area contributed by atoms with Gasteiger partial charge in [0.1, 0.15) is 11.5 Å². The molecule has 0 aliphatic heterocycles. The molecule has 0 radical (unpaired) electrons. The van der Waals surface area contributed by atoms with E-state index in [4.69, 9.17) is 21.1 Å². The van der Waals surface area contributed by atoms with E-state index in [0.717, 1.165) is 22.6 Å². The molecule has 0 unspecified atom stereocenters. The van der Waals surface area contributed by atoms with Crippen LogP contribution in [0.4, 0.5) is 0 Å². The lowest BCUT2D eigenvalue weighted by Crippen LogP contribution is -2.24. The number of nitrogens with one attached hydrogen (secondary N) is 1. The van der Waals surface area contributed by atoms with Crippen molar-refractivity contribution in [2.75, 3.05) is 20.0 Å². The Labute approximate surface area is 207 Å². The van der Waals surface area contributed by atoms with E-state index in [9.17, 15) is 4.79 Å². The molecule has 4 rings (SSSR count). The highest BCUT2D eigenvalue weighted by atomic mass is 35.5. The molecule has 0 aliphatic carbocycles. The molecule has 0 spiro atoms. The number of nitrogens with zero attached hydrogens (tertiary/aromatic N) is 3. The van der Waals surface area contributed by atoms with Gasteiger partial charge in [-0.1, -0.05) is 47.6 Å². The Hall–Kier alpha value is -3.49. The standard InChI is InChI=1S/C25H23ClN4O3S/c1-32-21-7-3-5-17(13-21)15-27-23(31)16-34-25-29-28-24(18-6-4-8-22(14-18)33-2)30(25)20-11-9-19(26)10-12-20/h3-14H,15-16H2,1-2H3,(H,27,31). The van der Waals surface area contributed by atoms with Crippen LogP contribution in [0.1, 0.15) is 5.56 Å². The van der Waals surface area contributed by atoms with Crippen LogP contribution in [0, 0.1) is 0 Å². The Morgan fingerprint density at radius 3 is 2.41 bits per heavy atom. The number of halogens is 1. The minimum Gasteiger partial charge on any atom is -0.497 e. The Morgan fingerprint density at radius 2 is 1.68 bits per heavy atom. The molecule has 3 aromatic carbocycles. The quantitative estimate of drug-likeness (QED) is 0.329. The molecular formula is C25H23ClN4O3S. The maximum absolute atomic E-state index is 12.5. The van der Waals surface area contributed by atoms with Crippen molar-refractivity contribution in [3.05, 3.63) is 83.4 Å². The van der Waals surface area contributed by atoms with Crippen LogP contribution >= 0.6 is 23.4 Å². The summed E-state index contributed by atoms with van der Waals surface area (Å²) in [5, 5.41) is 12.9. The van der Waals surface area contributed by atoms with E-state index in [1.54, 1.807) is 14.2 Å². The zero-order valence-electron chi connectivity index (χ0n) is 18.7. The zero-order chi connectivity index (χ0) is 23.9. The van der Waals surface area contributed by atoms with E-state index in [2.05, 4.69) is 15.5 Å². The van der Waals surface area contributed by atoms with Gasteiger partial charge in [0.15, 0.2) is 11.0 Å². The van der Waals surface area contributed by atoms with E-state index in [0.29, 0.717) is 28.3 Å². The normalized spacial score (nSPS) is 10.7. The monoisotopic (exact) mass is 494 g/mol. The Morgan fingerprint density at radius 1 is 0.971 bits per heavy atom. The summed E-state index contributed by atoms with van der Waals surface area (Å²) in [6, 6.07) is 22.6. The fourth-order valence-corrected chi connectivity index (χ4v) is 4.21. The summed E-state index contributed by atoms with van der Waals surface area (Å²) >= 11 is 7.40. The van der Waals surface area contributed by atoms with Crippen molar-refractivity contribution in [1.29, 1.82) is 0 Å². The summed E-state index contributed by atoms with van der Waals surface area (Å²) in [7, 11) is 3.24. The van der Waals surface area contributed by atoms with Gasteiger partial charge >= 0.3 is 0 Å². The average Bonchev–Trinajstić information content (AvgIpc) is 3.31. The third kappa shape index (κ3) is 5.70. The molecule has 174 valence electrons. The van der Waals surface area contributed by atoms with Crippen LogP contribution in [0.25, 0.3) is 17.1 Å². The molecule has 0 atom stereocenters. The molecule has 0 saturated heterocycles. The third-order valence-electron chi connectivity index (χ3n) is 5.00. The maximum atomic E-state index is 12.5. The van der Waals surface area contributed by atoms with Crippen LogP contribution in [0.3, 0.4) is 0 Å². The first-order valence-electron chi connectivity index (χ1n) is 10.5. The lowest BCUT2D eigenvalue weighted by Gasteiger charge is -2.11. The van der Waals surface area contributed by atoms with Crippen LogP contribution in [0.2, 0.25) is 5.02 Å². The van der Waals surface area contributed by atoms with Crippen LogP contribution in [0.5, 0.6) is 11.5 Å². The van der Waals surface area contributed by atoms with Crippen LogP contribution in [-0.4, -0.2) is 40.6 Å². The molecule has 34 heavy (non-hydrogen) atoms. The molecule has 0 saturated carbocycles. The van der Waals surface area contributed by atoms with Crippen molar-refractivity contribution in [1.82, 2.24) is 20.1 Å². The van der Waals surface area contributed by atoms with Crippen molar-refractivity contribution in [3.63, 3.8) is 0 Å². The second-order valence-corrected chi connectivity index (χ2v) is 8.65. The van der Waals surface area contributed by atoms with E-state index >= 15 is 0 Å². The van der Waals surface area contributed by atoms with E-state index in [1.807, 2.05) is 77.4 Å². The Kier molecular flexibility index (Phi) is 7.72. The molecular weight excluding hydrogens is 472 g/mol. The number of amides is 1. The minimum absolute atomic E-state index is 0.110. The minimum atomic E-state index is -0.110. The first-order valence-corrected chi connectivity index (χ1v) is 11.8. The molecule has 1 aromatic heterocycles. The van der Waals surface area contributed by atoms with Gasteiger partial charge < -0.3 is 14.8 Å². The number of thioether (sulfide) groups is 1. The summed E-state index contributed by atoms with van der Waals surface area (Å²) in [5.74, 6) is 2.19. The molecule has 0 fully saturated rings. The summed E-state index contributed by atoms with van der Waals surface area (Å²) in [4.78, 5) is 12.5. The van der Waals surface area contributed by atoms with Gasteiger partial charge in [-0.05, 0) is 54.1 Å². The molecule has 0 bridgehead atoms. The zero-order valence-corrected chi connectivity index (χ0v) is 20.3. The first-order chi connectivity index (χ1) is 16.6. The number of ether oxygens (including phenoxy) is 2. The van der Waals surface area contributed by atoms with Gasteiger partial charge in [0.25, 0.3) is 0 Å². The SMILES string of the molecule is COc1cccc(CNC(=O)CSc2nnc(-c3cccc(OC)c3)n2-c2ccc(Cl)cc2)c1. The van der Waals surface area contributed by atoms with Gasteiger partial charge in [-0.25, -0.2) is 0 Å². The maximum Gasteiger partial charge on any atom is 0.230 e. The lowest BCUT2D eigenvalue weighted by molar-refractivity contribution is -0.118. The van der Waals surface area contributed by atoms with E-state index in [1.165, 1.54) is 11.8 Å². The number of rotatable bonds is 9. The fourth-order valence-electron chi connectivity index (χ4n) is 3.30. The second-order valence-electron chi connectivity index (χ2n) is 7.27. The van der Waals surface area contributed by atoms with Gasteiger partial charge in [0, 0.05) is 22.8 Å². The Balaban J connectivity index is 1.53. The third-order valence-corrected chi connectivity index (χ3v) is 6.18.